The highest BCUT2D eigenvalue weighted by Crippen LogP contribution is 2.24. The van der Waals surface area contributed by atoms with Crippen LogP contribution >= 0.6 is 15.9 Å². The van der Waals surface area contributed by atoms with Gasteiger partial charge in [0, 0.05) is 32.6 Å². The van der Waals surface area contributed by atoms with E-state index in [1.54, 1.807) is 6.07 Å². The first-order valence-electron chi connectivity index (χ1n) is 6.54. The number of hydrogen-bond acceptors (Lipinski definition) is 3. The van der Waals surface area contributed by atoms with E-state index < -0.39 is 0 Å². The summed E-state index contributed by atoms with van der Waals surface area (Å²) in [5.41, 5.74) is 1.07. The molecule has 1 rings (SSSR count). The lowest BCUT2D eigenvalue weighted by Gasteiger charge is -2.18. The first-order valence-corrected chi connectivity index (χ1v) is 7.33. The number of carbonyl (C=O) groups excluding carboxylic acids is 1. The second-order valence-electron chi connectivity index (χ2n) is 4.28. The second-order valence-corrected chi connectivity index (χ2v) is 5.13. The van der Waals surface area contributed by atoms with Crippen molar-refractivity contribution in [3.8, 4) is 5.75 Å². The predicted molar refractivity (Wildman–Crippen MR) is 80.1 cm³/mol. The Morgan fingerprint density at radius 2 is 2.05 bits per heavy atom. The summed E-state index contributed by atoms with van der Waals surface area (Å²) in [5, 5.41) is 12.6. The van der Waals surface area contributed by atoms with Gasteiger partial charge in [-0.15, -0.1) is 0 Å². The van der Waals surface area contributed by atoms with Crippen LogP contribution in [0.25, 0.3) is 0 Å². The van der Waals surface area contributed by atoms with Crippen molar-refractivity contribution in [3.63, 3.8) is 0 Å². The maximum absolute atomic E-state index is 11.8. The molecule has 1 aromatic carbocycles. The minimum Gasteiger partial charge on any atom is -0.507 e. The third kappa shape index (κ3) is 5.20. The largest absolute Gasteiger partial charge is 0.507 e. The third-order valence-corrected chi connectivity index (χ3v) is 3.61. The molecule has 0 spiro atoms. The van der Waals surface area contributed by atoms with Crippen LogP contribution in [0.5, 0.6) is 5.75 Å². The monoisotopic (exact) mass is 328 g/mol. The fraction of sp³-hybridized carbons (Fsp3) is 0.500. The Morgan fingerprint density at radius 3 is 2.63 bits per heavy atom. The second kappa shape index (κ2) is 8.17. The van der Waals surface area contributed by atoms with E-state index in [2.05, 4.69) is 21.2 Å². The molecule has 1 aromatic rings. The summed E-state index contributed by atoms with van der Waals surface area (Å²) in [6, 6.07) is 5.38. The zero-order valence-corrected chi connectivity index (χ0v) is 13.0. The summed E-state index contributed by atoms with van der Waals surface area (Å²) in [7, 11) is 0. The summed E-state index contributed by atoms with van der Waals surface area (Å²) < 4.78 is 0.686. The normalized spacial score (nSPS) is 10.5. The van der Waals surface area contributed by atoms with Crippen LogP contribution in [0.15, 0.2) is 22.7 Å². The lowest BCUT2D eigenvalue weighted by Crippen LogP contribution is -2.32. The predicted octanol–water partition coefficient (Wildman–Crippen LogP) is 2.50. The van der Waals surface area contributed by atoms with Crippen LogP contribution in [0.2, 0.25) is 0 Å². The van der Waals surface area contributed by atoms with Gasteiger partial charge >= 0.3 is 0 Å². The molecule has 0 atom stereocenters. The SMILES string of the molecule is CCN(CC)C(=O)CCNCc1ccc(O)c(Br)c1. The average Bonchev–Trinajstić information content (AvgIpc) is 2.40. The van der Waals surface area contributed by atoms with Gasteiger partial charge < -0.3 is 15.3 Å². The Labute approximate surface area is 122 Å². The van der Waals surface area contributed by atoms with Gasteiger partial charge in [-0.1, -0.05) is 6.07 Å². The molecule has 0 heterocycles. The number of aromatic hydroxyl groups is 1. The highest BCUT2D eigenvalue weighted by atomic mass is 79.9. The number of nitrogens with zero attached hydrogens (tertiary/aromatic N) is 1. The highest BCUT2D eigenvalue weighted by Gasteiger charge is 2.08. The van der Waals surface area contributed by atoms with Gasteiger partial charge in [-0.3, -0.25) is 4.79 Å². The molecule has 0 fully saturated rings. The number of carbonyl (C=O) groups is 1. The molecule has 0 radical (unpaired) electrons. The van der Waals surface area contributed by atoms with E-state index >= 15 is 0 Å². The van der Waals surface area contributed by atoms with Crippen molar-refractivity contribution >= 4 is 21.8 Å². The highest BCUT2D eigenvalue weighted by molar-refractivity contribution is 9.10. The Balaban J connectivity index is 2.31. The van der Waals surface area contributed by atoms with E-state index in [1.165, 1.54) is 0 Å². The molecular weight excluding hydrogens is 308 g/mol. The van der Waals surface area contributed by atoms with Gasteiger partial charge in [0.25, 0.3) is 0 Å². The lowest BCUT2D eigenvalue weighted by molar-refractivity contribution is -0.130. The van der Waals surface area contributed by atoms with Crippen LogP contribution in [0, 0.1) is 0 Å². The van der Waals surface area contributed by atoms with Crippen LogP contribution in [-0.4, -0.2) is 35.5 Å². The number of hydrogen-bond donors (Lipinski definition) is 2. The zero-order valence-electron chi connectivity index (χ0n) is 11.4. The molecule has 4 nitrogen and oxygen atoms in total. The number of phenols is 1. The minimum atomic E-state index is 0.185. The summed E-state index contributed by atoms with van der Waals surface area (Å²) in [6.45, 7) is 6.85. The van der Waals surface area contributed by atoms with Crippen molar-refractivity contribution in [2.75, 3.05) is 19.6 Å². The maximum Gasteiger partial charge on any atom is 0.223 e. The Kier molecular flexibility index (Phi) is 6.87. The van der Waals surface area contributed by atoms with Crippen LogP contribution in [0.1, 0.15) is 25.8 Å². The smallest absolute Gasteiger partial charge is 0.223 e. The molecule has 0 saturated carbocycles. The van der Waals surface area contributed by atoms with Crippen molar-refractivity contribution in [3.05, 3.63) is 28.2 Å². The van der Waals surface area contributed by atoms with Gasteiger partial charge in [-0.05, 0) is 47.5 Å². The molecule has 106 valence electrons. The van der Waals surface area contributed by atoms with Crippen molar-refractivity contribution in [1.82, 2.24) is 10.2 Å². The van der Waals surface area contributed by atoms with Crippen LogP contribution < -0.4 is 5.32 Å². The van der Waals surface area contributed by atoms with E-state index in [1.807, 2.05) is 30.9 Å². The van der Waals surface area contributed by atoms with E-state index in [0.29, 0.717) is 24.0 Å². The third-order valence-electron chi connectivity index (χ3n) is 2.97. The molecule has 5 heteroatoms. The molecule has 0 aliphatic heterocycles. The van der Waals surface area contributed by atoms with Crippen molar-refractivity contribution in [1.29, 1.82) is 0 Å². The van der Waals surface area contributed by atoms with Crippen molar-refractivity contribution in [2.24, 2.45) is 0 Å². The van der Waals surface area contributed by atoms with Gasteiger partial charge in [0.05, 0.1) is 4.47 Å². The van der Waals surface area contributed by atoms with Gasteiger partial charge in [0.1, 0.15) is 5.75 Å². The minimum absolute atomic E-state index is 0.185. The molecule has 0 aliphatic carbocycles. The Bertz CT molecular complexity index is 420. The lowest BCUT2D eigenvalue weighted by atomic mass is 10.2. The average molecular weight is 329 g/mol. The summed E-state index contributed by atoms with van der Waals surface area (Å²) in [6.07, 6.45) is 0.515. The summed E-state index contributed by atoms with van der Waals surface area (Å²) in [4.78, 5) is 13.6. The first-order chi connectivity index (χ1) is 9.08. The number of nitrogens with one attached hydrogen (secondary N) is 1. The quantitative estimate of drug-likeness (QED) is 0.756. The topological polar surface area (TPSA) is 52.6 Å². The van der Waals surface area contributed by atoms with Gasteiger partial charge in [-0.25, -0.2) is 0 Å². The summed E-state index contributed by atoms with van der Waals surface area (Å²) in [5.74, 6) is 0.421. The molecule has 2 N–H and O–H groups in total. The van der Waals surface area contributed by atoms with Gasteiger partial charge in [0.2, 0.25) is 5.91 Å². The van der Waals surface area contributed by atoms with E-state index in [0.717, 1.165) is 18.7 Å². The standard InChI is InChI=1S/C14H21BrN2O2/c1-3-17(4-2)14(19)7-8-16-10-11-5-6-13(18)12(15)9-11/h5-6,9,16,18H,3-4,7-8,10H2,1-2H3. The molecule has 0 unspecified atom stereocenters. The van der Waals surface area contributed by atoms with Gasteiger partial charge in [-0.2, -0.15) is 0 Å². The molecule has 0 aromatic heterocycles. The van der Waals surface area contributed by atoms with Crippen molar-refractivity contribution in [2.45, 2.75) is 26.8 Å². The molecule has 1 amide bonds. The molecule has 0 saturated heterocycles. The van der Waals surface area contributed by atoms with Gasteiger partial charge in [0.15, 0.2) is 0 Å². The number of phenolic OH excluding ortho intramolecular Hbond substituents is 1. The van der Waals surface area contributed by atoms with Crippen LogP contribution in [-0.2, 0) is 11.3 Å². The Morgan fingerprint density at radius 1 is 1.37 bits per heavy atom. The fourth-order valence-corrected chi connectivity index (χ4v) is 2.25. The first kappa shape index (κ1) is 16.0. The molecule has 0 aliphatic rings. The van der Waals surface area contributed by atoms with Crippen LogP contribution in [0.3, 0.4) is 0 Å². The molecule has 0 bridgehead atoms. The Hall–Kier alpha value is -1.07. The number of amides is 1. The van der Waals surface area contributed by atoms with E-state index in [9.17, 15) is 9.90 Å². The van der Waals surface area contributed by atoms with E-state index in [4.69, 9.17) is 0 Å². The van der Waals surface area contributed by atoms with Crippen LogP contribution in [0.4, 0.5) is 0 Å². The number of benzene rings is 1. The molecular formula is C14H21BrN2O2. The number of halogens is 1. The van der Waals surface area contributed by atoms with E-state index in [-0.39, 0.29) is 11.7 Å². The molecule has 19 heavy (non-hydrogen) atoms. The zero-order chi connectivity index (χ0) is 14.3. The van der Waals surface area contributed by atoms with Crippen molar-refractivity contribution < 1.29 is 9.90 Å². The maximum atomic E-state index is 11.8. The fourth-order valence-electron chi connectivity index (χ4n) is 1.82. The summed E-state index contributed by atoms with van der Waals surface area (Å²) >= 11 is 3.28. The number of rotatable bonds is 7.